The summed E-state index contributed by atoms with van der Waals surface area (Å²) in [6.07, 6.45) is 13.8. The molecule has 0 unspecified atom stereocenters. The van der Waals surface area contributed by atoms with Crippen molar-refractivity contribution in [1.82, 2.24) is 0 Å². The minimum absolute atomic E-state index is 0.420. The first kappa shape index (κ1) is 13.0. The van der Waals surface area contributed by atoms with E-state index in [1.54, 1.807) is 0 Å². The zero-order chi connectivity index (χ0) is 10.9. The van der Waals surface area contributed by atoms with Crippen LogP contribution in [0.2, 0.25) is 0 Å². The lowest BCUT2D eigenvalue weighted by atomic mass is 9.80. The molecule has 0 saturated heterocycles. The van der Waals surface area contributed by atoms with Gasteiger partial charge in [-0.2, -0.15) is 0 Å². The zero-order valence-electron chi connectivity index (χ0n) is 10.4. The topological polar surface area (TPSA) is 20.2 Å². The van der Waals surface area contributed by atoms with Gasteiger partial charge in [-0.3, -0.25) is 0 Å². The molecule has 1 rings (SSSR count). The van der Waals surface area contributed by atoms with Gasteiger partial charge in [0.1, 0.15) is 0 Å². The molecule has 0 radical (unpaired) electrons. The molecule has 0 spiro atoms. The maximum Gasteiger partial charge on any atom is 0.0459 e. The molecule has 0 heterocycles. The zero-order valence-corrected chi connectivity index (χ0v) is 10.4. The predicted octanol–water partition coefficient (Wildman–Crippen LogP) is 4.15. The Hall–Kier alpha value is -0.0400. The summed E-state index contributed by atoms with van der Waals surface area (Å²) < 4.78 is 0. The van der Waals surface area contributed by atoms with Gasteiger partial charge in [0, 0.05) is 6.61 Å². The van der Waals surface area contributed by atoms with E-state index < -0.39 is 0 Å². The van der Waals surface area contributed by atoms with Crippen molar-refractivity contribution in [3.8, 4) is 0 Å². The van der Waals surface area contributed by atoms with E-state index in [1.807, 2.05) is 0 Å². The van der Waals surface area contributed by atoms with Crippen molar-refractivity contribution in [3.63, 3.8) is 0 Å². The summed E-state index contributed by atoms with van der Waals surface area (Å²) in [5.41, 5.74) is 0. The van der Waals surface area contributed by atoms with Gasteiger partial charge in [0.25, 0.3) is 0 Å². The molecule has 90 valence electrons. The summed E-state index contributed by atoms with van der Waals surface area (Å²) in [5, 5.41) is 9.05. The van der Waals surface area contributed by atoms with Crippen LogP contribution in [0.1, 0.15) is 71.1 Å². The van der Waals surface area contributed by atoms with E-state index in [4.69, 9.17) is 5.11 Å². The van der Waals surface area contributed by atoms with Crippen molar-refractivity contribution in [2.45, 2.75) is 71.1 Å². The smallest absolute Gasteiger partial charge is 0.0459 e. The van der Waals surface area contributed by atoms with E-state index in [-0.39, 0.29) is 0 Å². The molecule has 1 N–H and O–H groups in total. The summed E-state index contributed by atoms with van der Waals surface area (Å²) in [6.45, 7) is 2.69. The minimum atomic E-state index is 0.420. The Morgan fingerprint density at radius 1 is 0.867 bits per heavy atom. The van der Waals surface area contributed by atoms with Crippen LogP contribution in [-0.4, -0.2) is 11.7 Å². The SMILES string of the molecule is CCCCCCC[C@H]1CC[C@H](CO)CC1. The molecule has 1 aliphatic rings. The van der Waals surface area contributed by atoms with Crippen LogP contribution in [0.5, 0.6) is 0 Å². The summed E-state index contributed by atoms with van der Waals surface area (Å²) >= 11 is 0. The van der Waals surface area contributed by atoms with Gasteiger partial charge < -0.3 is 5.11 Å². The van der Waals surface area contributed by atoms with Crippen molar-refractivity contribution in [2.75, 3.05) is 6.61 Å². The molecule has 0 aromatic heterocycles. The van der Waals surface area contributed by atoms with Gasteiger partial charge in [-0.25, -0.2) is 0 Å². The Bertz CT molecular complexity index is 136. The molecule has 0 aromatic rings. The van der Waals surface area contributed by atoms with Crippen LogP contribution in [0, 0.1) is 11.8 Å². The van der Waals surface area contributed by atoms with Gasteiger partial charge in [-0.1, -0.05) is 58.3 Å². The molecule has 1 aliphatic carbocycles. The molecule has 1 saturated carbocycles. The molecule has 0 atom stereocenters. The van der Waals surface area contributed by atoms with E-state index in [0.717, 1.165) is 5.92 Å². The van der Waals surface area contributed by atoms with E-state index in [0.29, 0.717) is 12.5 Å². The molecular weight excluding hydrogens is 184 g/mol. The van der Waals surface area contributed by atoms with Gasteiger partial charge in [-0.15, -0.1) is 0 Å². The third kappa shape index (κ3) is 5.55. The fraction of sp³-hybridized carbons (Fsp3) is 1.00. The number of rotatable bonds is 7. The van der Waals surface area contributed by atoms with E-state index in [2.05, 4.69) is 6.92 Å². The highest BCUT2D eigenvalue weighted by Gasteiger charge is 2.19. The Balaban J connectivity index is 1.94. The van der Waals surface area contributed by atoms with Crippen LogP contribution in [0.4, 0.5) is 0 Å². The largest absolute Gasteiger partial charge is 0.396 e. The molecule has 1 nitrogen and oxygen atoms in total. The van der Waals surface area contributed by atoms with Crippen molar-refractivity contribution in [2.24, 2.45) is 11.8 Å². The molecular formula is C14H28O. The molecule has 15 heavy (non-hydrogen) atoms. The van der Waals surface area contributed by atoms with Crippen molar-refractivity contribution in [3.05, 3.63) is 0 Å². The summed E-state index contributed by atoms with van der Waals surface area (Å²) in [6, 6.07) is 0. The van der Waals surface area contributed by atoms with Gasteiger partial charge in [0.2, 0.25) is 0 Å². The van der Waals surface area contributed by atoms with Gasteiger partial charge in [-0.05, 0) is 24.7 Å². The van der Waals surface area contributed by atoms with Gasteiger partial charge in [0.15, 0.2) is 0 Å². The van der Waals surface area contributed by atoms with Crippen LogP contribution in [0.15, 0.2) is 0 Å². The van der Waals surface area contributed by atoms with Crippen LogP contribution in [0.3, 0.4) is 0 Å². The molecule has 0 aliphatic heterocycles. The third-order valence-corrected chi connectivity index (χ3v) is 3.94. The van der Waals surface area contributed by atoms with Crippen molar-refractivity contribution in [1.29, 1.82) is 0 Å². The average molecular weight is 212 g/mol. The van der Waals surface area contributed by atoms with E-state index in [1.165, 1.54) is 64.2 Å². The second kappa shape index (κ2) is 8.15. The Kier molecular flexibility index (Phi) is 7.08. The fourth-order valence-electron chi connectivity index (χ4n) is 2.74. The first-order chi connectivity index (χ1) is 7.36. The first-order valence-corrected chi connectivity index (χ1v) is 6.97. The lowest BCUT2D eigenvalue weighted by Gasteiger charge is -2.27. The van der Waals surface area contributed by atoms with Crippen LogP contribution in [0.25, 0.3) is 0 Å². The number of aliphatic hydroxyl groups is 1. The average Bonchev–Trinajstić information content (AvgIpc) is 2.30. The first-order valence-electron chi connectivity index (χ1n) is 6.97. The van der Waals surface area contributed by atoms with Gasteiger partial charge in [0.05, 0.1) is 0 Å². The minimum Gasteiger partial charge on any atom is -0.396 e. The number of unbranched alkanes of at least 4 members (excludes halogenated alkanes) is 4. The van der Waals surface area contributed by atoms with Crippen molar-refractivity contribution < 1.29 is 5.11 Å². The Morgan fingerprint density at radius 3 is 2.07 bits per heavy atom. The maximum absolute atomic E-state index is 9.05. The number of aliphatic hydroxyl groups excluding tert-OH is 1. The number of hydrogen-bond donors (Lipinski definition) is 1. The highest BCUT2D eigenvalue weighted by Crippen LogP contribution is 2.31. The van der Waals surface area contributed by atoms with Crippen LogP contribution >= 0.6 is 0 Å². The van der Waals surface area contributed by atoms with Crippen LogP contribution in [-0.2, 0) is 0 Å². The maximum atomic E-state index is 9.05. The van der Waals surface area contributed by atoms with E-state index in [9.17, 15) is 0 Å². The second-order valence-electron chi connectivity index (χ2n) is 5.27. The third-order valence-electron chi connectivity index (χ3n) is 3.94. The van der Waals surface area contributed by atoms with E-state index >= 15 is 0 Å². The molecule has 1 fully saturated rings. The predicted molar refractivity (Wildman–Crippen MR) is 65.9 cm³/mol. The summed E-state index contributed by atoms with van der Waals surface area (Å²) in [4.78, 5) is 0. The fourth-order valence-corrected chi connectivity index (χ4v) is 2.74. The monoisotopic (exact) mass is 212 g/mol. The second-order valence-corrected chi connectivity index (χ2v) is 5.27. The quantitative estimate of drug-likeness (QED) is 0.629. The lowest BCUT2D eigenvalue weighted by molar-refractivity contribution is 0.163. The number of hydrogen-bond acceptors (Lipinski definition) is 1. The summed E-state index contributed by atoms with van der Waals surface area (Å²) in [7, 11) is 0. The lowest BCUT2D eigenvalue weighted by Crippen LogP contribution is -2.17. The molecule has 1 heteroatoms. The molecule has 0 aromatic carbocycles. The Labute approximate surface area is 95.3 Å². The Morgan fingerprint density at radius 2 is 1.47 bits per heavy atom. The highest BCUT2D eigenvalue weighted by atomic mass is 16.3. The normalized spacial score (nSPS) is 26.8. The van der Waals surface area contributed by atoms with Crippen molar-refractivity contribution >= 4 is 0 Å². The molecule has 0 amide bonds. The molecule has 0 bridgehead atoms. The standard InChI is InChI=1S/C14H28O/c1-2-3-4-5-6-7-13-8-10-14(12-15)11-9-13/h13-15H,2-12H2,1H3/t13-,14-. The van der Waals surface area contributed by atoms with Crippen LogP contribution < -0.4 is 0 Å². The highest BCUT2D eigenvalue weighted by molar-refractivity contribution is 4.71. The summed E-state index contributed by atoms with van der Waals surface area (Å²) in [5.74, 6) is 1.61. The van der Waals surface area contributed by atoms with Gasteiger partial charge >= 0.3 is 0 Å².